The van der Waals surface area contributed by atoms with Crippen molar-refractivity contribution in [3.8, 4) is 0 Å². The van der Waals surface area contributed by atoms with Gasteiger partial charge in [0.1, 0.15) is 5.82 Å². The summed E-state index contributed by atoms with van der Waals surface area (Å²) in [6, 6.07) is 7.37. The molecule has 9 heteroatoms. The van der Waals surface area contributed by atoms with Crippen LogP contribution < -0.4 is 10.6 Å². The number of nitrogens with one attached hydrogen (secondary N) is 2. The molecule has 2 aromatic rings. The van der Waals surface area contributed by atoms with Crippen LogP contribution in [0.1, 0.15) is 12.0 Å². The molecule has 25 heavy (non-hydrogen) atoms. The molecule has 2 heterocycles. The maximum atomic E-state index is 12.3. The van der Waals surface area contributed by atoms with Crippen LogP contribution in [0.15, 0.2) is 30.5 Å². The highest BCUT2D eigenvalue weighted by Crippen LogP contribution is 2.26. The highest BCUT2D eigenvalue weighted by atomic mass is 35.5. The number of nitrogens with zero attached hydrogens (tertiary/aromatic N) is 2. The summed E-state index contributed by atoms with van der Waals surface area (Å²) in [6.45, 7) is 1.35. The molecule has 5 nitrogen and oxygen atoms in total. The molecule has 1 atom stereocenters. The van der Waals surface area contributed by atoms with E-state index in [-0.39, 0.29) is 24.4 Å². The number of anilines is 1. The molecule has 1 aliphatic heterocycles. The minimum atomic E-state index is -0.0259. The number of hydrogen-bond acceptors (Lipinski definition) is 4. The molecule has 1 amide bonds. The predicted molar refractivity (Wildman–Crippen MR) is 107 cm³/mol. The number of aromatic nitrogens is 2. The summed E-state index contributed by atoms with van der Waals surface area (Å²) in [7, 11) is 0. The van der Waals surface area contributed by atoms with Gasteiger partial charge < -0.3 is 10.6 Å². The Morgan fingerprint density at radius 2 is 2.12 bits per heavy atom. The number of benzene rings is 1. The summed E-state index contributed by atoms with van der Waals surface area (Å²) in [5, 5.41) is 11.7. The minimum absolute atomic E-state index is 0. The van der Waals surface area contributed by atoms with Gasteiger partial charge in [-0.1, -0.05) is 29.3 Å². The Kier molecular flexibility index (Phi) is 7.90. The molecule has 3 rings (SSSR count). The quantitative estimate of drug-likeness (QED) is 0.773. The standard InChI is InChI=1S/C16H18Cl2N4OS.ClH/c17-13-2-1-3-14(18)12(13)9-22-15(4-5-20-22)21-16(23)8-11-10-24-7-6-19-11;/h1-5,11,19H,6-10H2,(H,21,23);1H. The van der Waals surface area contributed by atoms with E-state index in [9.17, 15) is 4.79 Å². The van der Waals surface area contributed by atoms with E-state index in [1.165, 1.54) is 0 Å². The van der Waals surface area contributed by atoms with Crippen molar-refractivity contribution >= 4 is 59.1 Å². The van der Waals surface area contributed by atoms with Gasteiger partial charge in [-0.25, -0.2) is 4.68 Å². The Hall–Kier alpha value is -0.920. The van der Waals surface area contributed by atoms with Gasteiger partial charge in [-0.3, -0.25) is 4.79 Å². The highest BCUT2D eigenvalue weighted by molar-refractivity contribution is 7.99. The molecule has 1 aliphatic rings. The molecular formula is C16H19Cl3N4OS. The molecule has 0 saturated carbocycles. The van der Waals surface area contributed by atoms with Crippen molar-refractivity contribution in [1.29, 1.82) is 0 Å². The zero-order valence-electron chi connectivity index (χ0n) is 13.4. The van der Waals surface area contributed by atoms with Crippen LogP contribution in [-0.4, -0.2) is 39.8 Å². The van der Waals surface area contributed by atoms with Gasteiger partial charge in [0.15, 0.2) is 0 Å². The third-order valence-corrected chi connectivity index (χ3v) is 5.62. The summed E-state index contributed by atoms with van der Waals surface area (Å²) in [6.07, 6.45) is 2.10. The lowest BCUT2D eigenvalue weighted by atomic mass is 10.2. The lowest BCUT2D eigenvalue weighted by Crippen LogP contribution is -2.40. The lowest BCUT2D eigenvalue weighted by Gasteiger charge is -2.22. The first-order chi connectivity index (χ1) is 11.6. The van der Waals surface area contributed by atoms with Gasteiger partial charge in [-0.05, 0) is 12.1 Å². The maximum absolute atomic E-state index is 12.3. The molecule has 0 radical (unpaired) electrons. The largest absolute Gasteiger partial charge is 0.312 e. The number of rotatable bonds is 5. The van der Waals surface area contributed by atoms with Crippen LogP contribution in [-0.2, 0) is 11.3 Å². The zero-order valence-corrected chi connectivity index (χ0v) is 16.5. The smallest absolute Gasteiger partial charge is 0.227 e. The third-order valence-electron chi connectivity index (χ3n) is 3.78. The predicted octanol–water partition coefficient (Wildman–Crippen LogP) is 3.69. The number of hydrogen-bond donors (Lipinski definition) is 2. The number of amides is 1. The lowest BCUT2D eigenvalue weighted by molar-refractivity contribution is -0.116. The van der Waals surface area contributed by atoms with Crippen LogP contribution in [0, 0.1) is 0 Å². The van der Waals surface area contributed by atoms with Gasteiger partial charge >= 0.3 is 0 Å². The van der Waals surface area contributed by atoms with Gasteiger partial charge in [0.05, 0.1) is 12.7 Å². The van der Waals surface area contributed by atoms with E-state index in [2.05, 4.69) is 15.7 Å². The maximum Gasteiger partial charge on any atom is 0.227 e. The summed E-state index contributed by atoms with van der Waals surface area (Å²) in [5.74, 6) is 2.67. The molecule has 0 aliphatic carbocycles. The van der Waals surface area contributed by atoms with Crippen LogP contribution in [0.4, 0.5) is 5.82 Å². The van der Waals surface area contributed by atoms with Gasteiger partial charge in [0.25, 0.3) is 0 Å². The van der Waals surface area contributed by atoms with Crippen molar-refractivity contribution in [2.45, 2.75) is 19.0 Å². The number of carbonyl (C=O) groups is 1. The average Bonchev–Trinajstić information content (AvgIpc) is 2.99. The Morgan fingerprint density at radius 1 is 1.36 bits per heavy atom. The van der Waals surface area contributed by atoms with Crippen molar-refractivity contribution in [2.24, 2.45) is 0 Å². The van der Waals surface area contributed by atoms with Crippen molar-refractivity contribution in [1.82, 2.24) is 15.1 Å². The monoisotopic (exact) mass is 420 g/mol. The molecule has 1 fully saturated rings. The molecule has 0 bridgehead atoms. The van der Waals surface area contributed by atoms with Gasteiger partial charge in [0.2, 0.25) is 5.91 Å². The number of thioether (sulfide) groups is 1. The Bertz CT molecular complexity index is 699. The van der Waals surface area contributed by atoms with E-state index >= 15 is 0 Å². The molecule has 1 aromatic carbocycles. The summed E-state index contributed by atoms with van der Waals surface area (Å²) < 4.78 is 1.69. The first-order valence-electron chi connectivity index (χ1n) is 7.69. The van der Waals surface area contributed by atoms with Crippen LogP contribution in [0.2, 0.25) is 10.0 Å². The molecule has 0 spiro atoms. The van der Waals surface area contributed by atoms with E-state index in [4.69, 9.17) is 23.2 Å². The molecule has 2 N–H and O–H groups in total. The van der Waals surface area contributed by atoms with E-state index in [0.29, 0.717) is 28.8 Å². The van der Waals surface area contributed by atoms with Crippen molar-refractivity contribution in [2.75, 3.05) is 23.4 Å². The summed E-state index contributed by atoms with van der Waals surface area (Å²) in [5.41, 5.74) is 0.783. The van der Waals surface area contributed by atoms with Crippen LogP contribution >= 0.6 is 47.4 Å². The fourth-order valence-corrected chi connectivity index (χ4v) is 4.03. The van der Waals surface area contributed by atoms with Crippen LogP contribution in [0.5, 0.6) is 0 Å². The normalized spacial score (nSPS) is 17.0. The number of carbonyl (C=O) groups excluding carboxylic acids is 1. The fourth-order valence-electron chi connectivity index (χ4n) is 2.57. The van der Waals surface area contributed by atoms with Gasteiger partial charge in [-0.15, -0.1) is 12.4 Å². The summed E-state index contributed by atoms with van der Waals surface area (Å²) in [4.78, 5) is 12.3. The SMILES string of the molecule is Cl.O=C(CC1CSCCN1)Nc1ccnn1Cc1c(Cl)cccc1Cl. The van der Waals surface area contributed by atoms with Crippen molar-refractivity contribution in [3.05, 3.63) is 46.1 Å². The second kappa shape index (κ2) is 9.69. The highest BCUT2D eigenvalue weighted by Gasteiger charge is 2.18. The third kappa shape index (κ3) is 5.53. The molecule has 1 aromatic heterocycles. The second-order valence-electron chi connectivity index (χ2n) is 5.55. The minimum Gasteiger partial charge on any atom is -0.312 e. The van der Waals surface area contributed by atoms with E-state index in [0.717, 1.165) is 23.6 Å². The van der Waals surface area contributed by atoms with Crippen molar-refractivity contribution in [3.63, 3.8) is 0 Å². The Labute approximate surface area is 167 Å². The van der Waals surface area contributed by atoms with Crippen molar-refractivity contribution < 1.29 is 4.79 Å². The Balaban J connectivity index is 0.00000225. The van der Waals surface area contributed by atoms with E-state index in [1.807, 2.05) is 11.8 Å². The van der Waals surface area contributed by atoms with E-state index in [1.54, 1.807) is 35.1 Å². The zero-order chi connectivity index (χ0) is 16.9. The molecular weight excluding hydrogens is 403 g/mol. The number of halogens is 3. The first-order valence-corrected chi connectivity index (χ1v) is 9.60. The summed E-state index contributed by atoms with van der Waals surface area (Å²) >= 11 is 14.3. The average molecular weight is 422 g/mol. The van der Waals surface area contributed by atoms with Crippen LogP contribution in [0.3, 0.4) is 0 Å². The molecule has 136 valence electrons. The molecule has 1 unspecified atom stereocenters. The second-order valence-corrected chi connectivity index (χ2v) is 7.52. The fraction of sp³-hybridized carbons (Fsp3) is 0.375. The van der Waals surface area contributed by atoms with Gasteiger partial charge in [0, 0.05) is 52.2 Å². The topological polar surface area (TPSA) is 59.0 Å². The first kappa shape index (κ1) is 20.4. The van der Waals surface area contributed by atoms with Crippen LogP contribution in [0.25, 0.3) is 0 Å². The van der Waals surface area contributed by atoms with Gasteiger partial charge in [-0.2, -0.15) is 16.9 Å². The molecule has 1 saturated heterocycles. The Morgan fingerprint density at radius 3 is 2.80 bits per heavy atom. The van der Waals surface area contributed by atoms with E-state index < -0.39 is 0 Å².